The minimum atomic E-state index is -0.306. The number of hydrogen-bond donors (Lipinski definition) is 0. The summed E-state index contributed by atoms with van der Waals surface area (Å²) in [6.07, 6.45) is 7.44. The third kappa shape index (κ3) is 18.7. The number of Topliss-reactive ketones (excluding diaryl/α,β-unsaturated/α-hetero) is 1. The zero-order chi connectivity index (χ0) is 18.8. The van der Waals surface area contributed by atoms with Crippen LogP contribution in [0.2, 0.25) is 0 Å². The predicted octanol–water partition coefficient (Wildman–Crippen LogP) is 4.20. The van der Waals surface area contributed by atoms with Crippen LogP contribution in [0.25, 0.3) is 0 Å². The Morgan fingerprint density at radius 1 is 0.708 bits per heavy atom. The van der Waals surface area contributed by atoms with Crippen molar-refractivity contribution in [2.45, 2.75) is 78.1 Å². The number of ether oxygens (including phenoxy) is 2. The molecule has 0 N–H and O–H groups in total. The minimum absolute atomic E-state index is 0.155. The van der Waals surface area contributed by atoms with Crippen molar-refractivity contribution in [3.63, 3.8) is 0 Å². The maximum absolute atomic E-state index is 11.0. The fraction of sp³-hybridized carbons (Fsp3) is 0.778. The molecular weight excluding hydrogens is 328 g/mol. The maximum atomic E-state index is 11.0. The third-order valence-electron chi connectivity index (χ3n) is 3.29. The standard InChI is InChI=1S/C9H16O3.C9H16O2S/c1-3-4-5-8(10)6-7-9(11)12-2;1-3-4-5-8(12)6-7-9(10)11-2/h2*3-7H2,1-2H3. The van der Waals surface area contributed by atoms with Crippen LogP contribution in [0.4, 0.5) is 0 Å². The summed E-state index contributed by atoms with van der Waals surface area (Å²) in [5, 5.41) is 0. The van der Waals surface area contributed by atoms with Crippen LogP contribution in [0.5, 0.6) is 0 Å². The van der Waals surface area contributed by atoms with Crippen molar-refractivity contribution in [2.24, 2.45) is 0 Å². The number of ketones is 1. The first-order valence-electron chi connectivity index (χ1n) is 8.58. The highest BCUT2D eigenvalue weighted by molar-refractivity contribution is 7.80. The van der Waals surface area contributed by atoms with E-state index in [1.807, 2.05) is 6.92 Å². The van der Waals surface area contributed by atoms with Crippen molar-refractivity contribution in [3.05, 3.63) is 0 Å². The highest BCUT2D eigenvalue weighted by Crippen LogP contribution is 2.04. The molecule has 0 unspecified atom stereocenters. The van der Waals surface area contributed by atoms with Crippen molar-refractivity contribution in [1.29, 1.82) is 0 Å². The molecule has 0 bridgehead atoms. The van der Waals surface area contributed by atoms with E-state index < -0.39 is 0 Å². The van der Waals surface area contributed by atoms with Crippen LogP contribution in [0.15, 0.2) is 0 Å². The van der Waals surface area contributed by atoms with Gasteiger partial charge in [-0.05, 0) is 30.5 Å². The van der Waals surface area contributed by atoms with Crippen LogP contribution in [-0.2, 0) is 23.9 Å². The highest BCUT2D eigenvalue weighted by Gasteiger charge is 2.05. The smallest absolute Gasteiger partial charge is 0.305 e. The van der Waals surface area contributed by atoms with E-state index in [0.29, 0.717) is 25.7 Å². The molecule has 24 heavy (non-hydrogen) atoms. The number of methoxy groups -OCH3 is 2. The molecule has 0 aliphatic carbocycles. The van der Waals surface area contributed by atoms with Crippen molar-refractivity contribution in [3.8, 4) is 0 Å². The van der Waals surface area contributed by atoms with Gasteiger partial charge in [-0.2, -0.15) is 0 Å². The second kappa shape index (κ2) is 18.0. The Labute approximate surface area is 151 Å². The lowest BCUT2D eigenvalue weighted by molar-refractivity contribution is -0.142. The lowest BCUT2D eigenvalue weighted by Gasteiger charge is -2.01. The minimum Gasteiger partial charge on any atom is -0.469 e. The molecule has 0 atom stereocenters. The highest BCUT2D eigenvalue weighted by atomic mass is 32.1. The molecule has 0 amide bonds. The molecule has 0 fully saturated rings. The Kier molecular flexibility index (Phi) is 18.8. The fourth-order valence-corrected chi connectivity index (χ4v) is 1.93. The molecule has 0 aromatic carbocycles. The molecule has 0 saturated carbocycles. The SMILES string of the molecule is CCCCC(=O)CCC(=O)OC.CCCCC(=S)CCC(=O)OC. The summed E-state index contributed by atoms with van der Waals surface area (Å²) in [5.74, 6) is -0.323. The van der Waals surface area contributed by atoms with Crippen molar-refractivity contribution >= 4 is 34.8 Å². The number of unbranched alkanes of at least 4 members (excludes halogenated alkanes) is 2. The van der Waals surface area contributed by atoms with Gasteiger partial charge in [-0.1, -0.05) is 38.9 Å². The lowest BCUT2D eigenvalue weighted by atomic mass is 10.1. The molecule has 140 valence electrons. The monoisotopic (exact) mass is 360 g/mol. The summed E-state index contributed by atoms with van der Waals surface area (Å²) in [6.45, 7) is 4.16. The predicted molar refractivity (Wildman–Crippen MR) is 99.2 cm³/mol. The number of rotatable bonds is 12. The molecule has 0 rings (SSSR count). The molecule has 0 aliphatic rings. The Bertz CT molecular complexity index is 344. The molecule has 0 aromatic rings. The maximum Gasteiger partial charge on any atom is 0.305 e. The summed E-state index contributed by atoms with van der Waals surface area (Å²) >= 11 is 5.08. The molecule has 5 nitrogen and oxygen atoms in total. The zero-order valence-corrected chi connectivity index (χ0v) is 16.3. The second-order valence-corrected chi connectivity index (χ2v) is 6.01. The van der Waals surface area contributed by atoms with Crippen LogP contribution in [-0.4, -0.2) is 36.8 Å². The van der Waals surface area contributed by atoms with Crippen LogP contribution in [0.1, 0.15) is 78.1 Å². The molecule has 0 spiro atoms. The lowest BCUT2D eigenvalue weighted by Crippen LogP contribution is -2.05. The summed E-state index contributed by atoms with van der Waals surface area (Å²) in [4.78, 5) is 33.3. The van der Waals surface area contributed by atoms with E-state index >= 15 is 0 Å². The quantitative estimate of drug-likeness (QED) is 0.384. The van der Waals surface area contributed by atoms with Gasteiger partial charge in [0.2, 0.25) is 0 Å². The van der Waals surface area contributed by atoms with Gasteiger partial charge < -0.3 is 9.47 Å². The van der Waals surface area contributed by atoms with Crippen molar-refractivity contribution < 1.29 is 23.9 Å². The Balaban J connectivity index is 0. The summed E-state index contributed by atoms with van der Waals surface area (Å²) in [7, 11) is 2.73. The van der Waals surface area contributed by atoms with E-state index in [-0.39, 0.29) is 24.1 Å². The van der Waals surface area contributed by atoms with E-state index in [0.717, 1.165) is 37.0 Å². The largest absolute Gasteiger partial charge is 0.469 e. The second-order valence-electron chi connectivity index (χ2n) is 5.44. The first-order valence-corrected chi connectivity index (χ1v) is 8.99. The summed E-state index contributed by atoms with van der Waals surface area (Å²) < 4.78 is 8.92. The molecule has 0 radical (unpaired) electrons. The van der Waals surface area contributed by atoms with Gasteiger partial charge in [-0.15, -0.1) is 0 Å². The van der Waals surface area contributed by atoms with Gasteiger partial charge in [-0.25, -0.2) is 0 Å². The van der Waals surface area contributed by atoms with Gasteiger partial charge in [0.15, 0.2) is 0 Å². The van der Waals surface area contributed by atoms with Crippen LogP contribution >= 0.6 is 12.2 Å². The van der Waals surface area contributed by atoms with Gasteiger partial charge in [0.25, 0.3) is 0 Å². The summed E-state index contributed by atoms with van der Waals surface area (Å²) in [6, 6.07) is 0. The van der Waals surface area contributed by atoms with E-state index in [1.165, 1.54) is 14.2 Å². The Hall–Kier alpha value is -1.30. The molecule has 6 heteroatoms. The number of hydrogen-bond acceptors (Lipinski definition) is 6. The van der Waals surface area contributed by atoms with Crippen LogP contribution in [0.3, 0.4) is 0 Å². The van der Waals surface area contributed by atoms with E-state index in [1.54, 1.807) is 0 Å². The van der Waals surface area contributed by atoms with E-state index in [9.17, 15) is 14.4 Å². The first kappa shape index (κ1) is 24.9. The average molecular weight is 361 g/mol. The number of thiocarbonyl (C=S) groups is 1. The Morgan fingerprint density at radius 3 is 1.62 bits per heavy atom. The van der Waals surface area contributed by atoms with E-state index in [2.05, 4.69) is 16.4 Å². The third-order valence-corrected chi connectivity index (χ3v) is 3.70. The fourth-order valence-electron chi connectivity index (χ4n) is 1.68. The molecular formula is C18H32O5S. The summed E-state index contributed by atoms with van der Waals surface area (Å²) in [5.41, 5.74) is 0. The van der Waals surface area contributed by atoms with Crippen molar-refractivity contribution in [2.75, 3.05) is 14.2 Å². The van der Waals surface area contributed by atoms with Gasteiger partial charge in [-0.3, -0.25) is 14.4 Å². The van der Waals surface area contributed by atoms with Gasteiger partial charge in [0.1, 0.15) is 5.78 Å². The molecule has 0 heterocycles. The average Bonchev–Trinajstić information content (AvgIpc) is 2.60. The van der Waals surface area contributed by atoms with Crippen LogP contribution in [0, 0.1) is 0 Å². The number of esters is 2. The number of carbonyl (C=O) groups is 3. The first-order chi connectivity index (χ1) is 11.4. The number of carbonyl (C=O) groups excluding carboxylic acids is 3. The van der Waals surface area contributed by atoms with Gasteiger partial charge in [0, 0.05) is 12.8 Å². The molecule has 0 aliphatic heterocycles. The zero-order valence-electron chi connectivity index (χ0n) is 15.5. The Morgan fingerprint density at radius 2 is 1.17 bits per heavy atom. The van der Waals surface area contributed by atoms with Gasteiger partial charge in [0.05, 0.1) is 27.1 Å². The topological polar surface area (TPSA) is 69.7 Å². The molecule has 0 aromatic heterocycles. The van der Waals surface area contributed by atoms with E-state index in [4.69, 9.17) is 12.2 Å². The van der Waals surface area contributed by atoms with Crippen LogP contribution < -0.4 is 0 Å². The van der Waals surface area contributed by atoms with Gasteiger partial charge >= 0.3 is 11.9 Å². The van der Waals surface area contributed by atoms with Crippen molar-refractivity contribution in [1.82, 2.24) is 0 Å². The normalized spacial score (nSPS) is 9.50. The molecule has 0 saturated heterocycles.